The predicted molar refractivity (Wildman–Crippen MR) is 66.8 cm³/mol. The lowest BCUT2D eigenvalue weighted by atomic mass is 10.00. The molecule has 0 spiro atoms. The summed E-state index contributed by atoms with van der Waals surface area (Å²) in [6, 6.07) is 9.12. The first-order chi connectivity index (χ1) is 8.72. The molecule has 1 aromatic carbocycles. The van der Waals surface area contributed by atoms with Gasteiger partial charge >= 0.3 is 5.97 Å². The number of aliphatic carboxylic acids is 1. The molecular weight excluding hydrogens is 228 g/mol. The van der Waals surface area contributed by atoms with Gasteiger partial charge in [-0.3, -0.25) is 9.69 Å². The largest absolute Gasteiger partial charge is 0.480 e. The minimum absolute atomic E-state index is 0.412. The van der Waals surface area contributed by atoms with Crippen LogP contribution in [-0.4, -0.2) is 28.6 Å². The molecule has 0 aliphatic carbocycles. The highest BCUT2D eigenvalue weighted by Crippen LogP contribution is 2.21. The number of likely N-dealkylation sites (tertiary alicyclic amines) is 1. The highest BCUT2D eigenvalue weighted by Gasteiger charge is 2.28. The third kappa shape index (κ3) is 2.69. The van der Waals surface area contributed by atoms with Gasteiger partial charge in [0.05, 0.1) is 11.6 Å². The Kier molecular flexibility index (Phi) is 3.96. The maximum absolute atomic E-state index is 11.2. The molecule has 1 heterocycles. The molecule has 1 aliphatic rings. The lowest BCUT2D eigenvalue weighted by Crippen LogP contribution is -2.44. The van der Waals surface area contributed by atoms with Crippen molar-refractivity contribution in [3.05, 3.63) is 35.4 Å². The molecular formula is C14H16N2O2. The highest BCUT2D eigenvalue weighted by atomic mass is 16.4. The van der Waals surface area contributed by atoms with Crippen molar-refractivity contribution in [2.75, 3.05) is 6.54 Å². The molecule has 18 heavy (non-hydrogen) atoms. The van der Waals surface area contributed by atoms with E-state index in [1.807, 2.05) is 23.1 Å². The number of benzene rings is 1. The standard InChI is InChI=1S/C14H16N2O2/c15-9-11-5-1-2-6-12(11)10-16-8-4-3-7-13(16)14(17)18/h1-2,5-6,13H,3-4,7-8,10H2,(H,17,18). The first kappa shape index (κ1) is 12.6. The van der Waals surface area contributed by atoms with Crippen molar-refractivity contribution in [1.82, 2.24) is 4.90 Å². The van der Waals surface area contributed by atoms with Crippen LogP contribution in [0.25, 0.3) is 0 Å². The molecule has 1 saturated heterocycles. The van der Waals surface area contributed by atoms with E-state index in [9.17, 15) is 9.90 Å². The summed E-state index contributed by atoms with van der Waals surface area (Å²) < 4.78 is 0. The van der Waals surface area contributed by atoms with E-state index in [-0.39, 0.29) is 0 Å². The minimum Gasteiger partial charge on any atom is -0.480 e. The van der Waals surface area contributed by atoms with Crippen molar-refractivity contribution in [3.8, 4) is 6.07 Å². The van der Waals surface area contributed by atoms with E-state index in [0.29, 0.717) is 18.5 Å². The van der Waals surface area contributed by atoms with Gasteiger partial charge in [0, 0.05) is 6.54 Å². The van der Waals surface area contributed by atoms with Crippen molar-refractivity contribution in [3.63, 3.8) is 0 Å². The zero-order chi connectivity index (χ0) is 13.0. The Labute approximate surface area is 106 Å². The summed E-state index contributed by atoms with van der Waals surface area (Å²) in [5.74, 6) is -0.760. The maximum atomic E-state index is 11.2. The average molecular weight is 244 g/mol. The van der Waals surface area contributed by atoms with Gasteiger partial charge in [-0.15, -0.1) is 0 Å². The first-order valence-electron chi connectivity index (χ1n) is 6.17. The molecule has 0 radical (unpaired) electrons. The Bertz CT molecular complexity index is 479. The van der Waals surface area contributed by atoms with Crippen LogP contribution >= 0.6 is 0 Å². The molecule has 1 aromatic rings. The number of hydrogen-bond donors (Lipinski definition) is 1. The fraction of sp³-hybridized carbons (Fsp3) is 0.429. The Balaban J connectivity index is 2.16. The van der Waals surface area contributed by atoms with E-state index in [1.165, 1.54) is 0 Å². The number of carboxylic acids is 1. The average Bonchev–Trinajstić information content (AvgIpc) is 2.40. The van der Waals surface area contributed by atoms with Gasteiger partial charge in [0.1, 0.15) is 6.04 Å². The molecule has 1 atom stereocenters. The molecule has 94 valence electrons. The van der Waals surface area contributed by atoms with E-state index in [4.69, 9.17) is 5.26 Å². The minimum atomic E-state index is -0.760. The summed E-state index contributed by atoms with van der Waals surface area (Å²) in [5.41, 5.74) is 1.54. The van der Waals surface area contributed by atoms with Crippen LogP contribution in [0.15, 0.2) is 24.3 Å². The zero-order valence-electron chi connectivity index (χ0n) is 10.2. The Morgan fingerprint density at radius 3 is 2.94 bits per heavy atom. The number of carboxylic acid groups (broad SMARTS) is 1. The van der Waals surface area contributed by atoms with Crippen molar-refractivity contribution in [2.24, 2.45) is 0 Å². The second kappa shape index (κ2) is 5.65. The topological polar surface area (TPSA) is 64.3 Å². The molecule has 1 fully saturated rings. The number of piperidine rings is 1. The Morgan fingerprint density at radius 1 is 1.44 bits per heavy atom. The first-order valence-corrected chi connectivity index (χ1v) is 6.17. The molecule has 0 aromatic heterocycles. The van der Waals surface area contributed by atoms with Crippen molar-refractivity contribution in [1.29, 1.82) is 5.26 Å². The molecule has 0 saturated carbocycles. The normalized spacial score (nSPS) is 20.3. The maximum Gasteiger partial charge on any atom is 0.320 e. The van der Waals surface area contributed by atoms with Crippen LogP contribution in [0.4, 0.5) is 0 Å². The molecule has 2 rings (SSSR count). The van der Waals surface area contributed by atoms with Crippen molar-refractivity contribution in [2.45, 2.75) is 31.8 Å². The van der Waals surface area contributed by atoms with Crippen LogP contribution in [-0.2, 0) is 11.3 Å². The summed E-state index contributed by atoms with van der Waals surface area (Å²) >= 11 is 0. The van der Waals surface area contributed by atoms with Gasteiger partial charge in [0.25, 0.3) is 0 Å². The second-order valence-electron chi connectivity index (χ2n) is 4.59. The van der Waals surface area contributed by atoms with Gasteiger partial charge in [-0.2, -0.15) is 5.26 Å². The van der Waals surface area contributed by atoms with Gasteiger partial charge in [-0.1, -0.05) is 24.6 Å². The summed E-state index contributed by atoms with van der Waals surface area (Å²) in [5, 5.41) is 18.2. The second-order valence-corrected chi connectivity index (χ2v) is 4.59. The van der Waals surface area contributed by atoms with Crippen LogP contribution < -0.4 is 0 Å². The quantitative estimate of drug-likeness (QED) is 0.883. The van der Waals surface area contributed by atoms with E-state index < -0.39 is 12.0 Å². The summed E-state index contributed by atoms with van der Waals surface area (Å²) in [7, 11) is 0. The molecule has 1 unspecified atom stereocenters. The number of carbonyl (C=O) groups is 1. The van der Waals surface area contributed by atoms with Crippen LogP contribution in [0.3, 0.4) is 0 Å². The van der Waals surface area contributed by atoms with Gasteiger partial charge in [0.2, 0.25) is 0 Å². The zero-order valence-corrected chi connectivity index (χ0v) is 10.2. The molecule has 0 bridgehead atoms. The fourth-order valence-electron chi connectivity index (χ4n) is 2.45. The van der Waals surface area contributed by atoms with Crippen LogP contribution in [0.1, 0.15) is 30.4 Å². The van der Waals surface area contributed by atoms with Gasteiger partial charge in [0.15, 0.2) is 0 Å². The summed E-state index contributed by atoms with van der Waals surface area (Å²) in [4.78, 5) is 13.2. The third-order valence-corrected chi connectivity index (χ3v) is 3.41. The Morgan fingerprint density at radius 2 is 2.22 bits per heavy atom. The van der Waals surface area contributed by atoms with Gasteiger partial charge in [-0.05, 0) is 31.0 Å². The van der Waals surface area contributed by atoms with E-state index >= 15 is 0 Å². The predicted octanol–water partition coefficient (Wildman–Crippen LogP) is 2.00. The van der Waals surface area contributed by atoms with E-state index in [1.54, 1.807) is 6.07 Å². The molecule has 4 heteroatoms. The smallest absolute Gasteiger partial charge is 0.320 e. The van der Waals surface area contributed by atoms with Gasteiger partial charge < -0.3 is 5.11 Å². The summed E-state index contributed by atoms with van der Waals surface area (Å²) in [6.45, 7) is 1.33. The monoisotopic (exact) mass is 244 g/mol. The fourth-order valence-corrected chi connectivity index (χ4v) is 2.45. The SMILES string of the molecule is N#Cc1ccccc1CN1CCCCC1C(=O)O. The van der Waals surface area contributed by atoms with E-state index in [0.717, 1.165) is 24.9 Å². The molecule has 4 nitrogen and oxygen atoms in total. The van der Waals surface area contributed by atoms with Gasteiger partial charge in [-0.25, -0.2) is 0 Å². The van der Waals surface area contributed by atoms with Crippen LogP contribution in [0.5, 0.6) is 0 Å². The molecule has 1 N–H and O–H groups in total. The molecule has 0 amide bonds. The number of rotatable bonds is 3. The van der Waals surface area contributed by atoms with Crippen molar-refractivity contribution >= 4 is 5.97 Å². The van der Waals surface area contributed by atoms with Crippen LogP contribution in [0, 0.1) is 11.3 Å². The van der Waals surface area contributed by atoms with Crippen LogP contribution in [0.2, 0.25) is 0 Å². The highest BCUT2D eigenvalue weighted by molar-refractivity contribution is 5.73. The molecule has 1 aliphatic heterocycles. The van der Waals surface area contributed by atoms with E-state index in [2.05, 4.69) is 6.07 Å². The number of nitriles is 1. The number of nitrogens with zero attached hydrogens (tertiary/aromatic N) is 2. The lowest BCUT2D eigenvalue weighted by Gasteiger charge is -2.33. The summed E-state index contributed by atoms with van der Waals surface area (Å²) in [6.07, 6.45) is 2.69. The lowest BCUT2D eigenvalue weighted by molar-refractivity contribution is -0.144. The number of hydrogen-bond acceptors (Lipinski definition) is 3. The third-order valence-electron chi connectivity index (χ3n) is 3.41. The Hall–Kier alpha value is -1.86. The van der Waals surface area contributed by atoms with Crippen molar-refractivity contribution < 1.29 is 9.90 Å².